The lowest BCUT2D eigenvalue weighted by molar-refractivity contribution is 0.0719. The van der Waals surface area contributed by atoms with Crippen molar-refractivity contribution in [3.05, 3.63) is 74.7 Å². The minimum atomic E-state index is -0.502. The standard InChI is InChI=1S/C20H18Cl2N2OS/c1-24(10-14-11-26-20(23-14)12-5-3-2-4-6-12)19-16-7-13(21)8-17(22)15(16)9-18(19)25/h2-8,11,18-19,25H,9-10H2,1H3/t18-,19-/m1/s1. The first kappa shape index (κ1) is 18.0. The molecule has 1 N–H and O–H groups in total. The summed E-state index contributed by atoms with van der Waals surface area (Å²) in [5.41, 5.74) is 4.11. The number of aromatic nitrogens is 1. The summed E-state index contributed by atoms with van der Waals surface area (Å²) >= 11 is 14.1. The van der Waals surface area contributed by atoms with Crippen LogP contribution >= 0.6 is 34.5 Å². The number of likely N-dealkylation sites (N-methyl/N-ethyl adjacent to an activating group) is 1. The highest BCUT2D eigenvalue weighted by Gasteiger charge is 2.35. The Kier molecular flexibility index (Phi) is 5.04. The SMILES string of the molecule is CN(Cc1csc(-c2ccccc2)n1)[C@@H]1c2cc(Cl)cc(Cl)c2C[C@H]1O. The minimum Gasteiger partial charge on any atom is -0.391 e. The van der Waals surface area contributed by atoms with Crippen LogP contribution in [0.3, 0.4) is 0 Å². The van der Waals surface area contributed by atoms with Crippen molar-refractivity contribution in [1.82, 2.24) is 9.88 Å². The molecule has 4 rings (SSSR count). The van der Waals surface area contributed by atoms with Gasteiger partial charge in [-0.05, 0) is 30.3 Å². The first-order valence-electron chi connectivity index (χ1n) is 8.39. The van der Waals surface area contributed by atoms with Crippen LogP contribution in [-0.4, -0.2) is 28.1 Å². The van der Waals surface area contributed by atoms with E-state index in [9.17, 15) is 5.11 Å². The molecular weight excluding hydrogens is 387 g/mol. The van der Waals surface area contributed by atoms with E-state index in [-0.39, 0.29) is 6.04 Å². The second-order valence-electron chi connectivity index (χ2n) is 6.60. The van der Waals surface area contributed by atoms with Crippen LogP contribution in [0.15, 0.2) is 47.8 Å². The topological polar surface area (TPSA) is 36.4 Å². The first-order valence-corrected chi connectivity index (χ1v) is 10.0. The van der Waals surface area contributed by atoms with Crippen LogP contribution in [-0.2, 0) is 13.0 Å². The molecule has 0 amide bonds. The molecule has 0 radical (unpaired) electrons. The third kappa shape index (κ3) is 3.40. The van der Waals surface area contributed by atoms with E-state index in [0.29, 0.717) is 23.0 Å². The number of aliphatic hydroxyl groups is 1. The molecule has 2 atom stereocenters. The number of thiazole rings is 1. The Morgan fingerprint density at radius 1 is 1.23 bits per heavy atom. The number of halogens is 2. The van der Waals surface area contributed by atoms with Crippen molar-refractivity contribution >= 4 is 34.5 Å². The van der Waals surface area contributed by atoms with Crippen molar-refractivity contribution in [1.29, 1.82) is 0 Å². The van der Waals surface area contributed by atoms with Gasteiger partial charge in [-0.25, -0.2) is 4.98 Å². The molecule has 2 aromatic carbocycles. The number of rotatable bonds is 4. The highest BCUT2D eigenvalue weighted by atomic mass is 35.5. The number of benzene rings is 2. The predicted molar refractivity (Wildman–Crippen MR) is 108 cm³/mol. The van der Waals surface area contributed by atoms with Crippen molar-refractivity contribution in [2.45, 2.75) is 25.1 Å². The van der Waals surface area contributed by atoms with E-state index in [2.05, 4.69) is 22.4 Å². The van der Waals surface area contributed by atoms with Gasteiger partial charge in [0.15, 0.2) is 0 Å². The van der Waals surface area contributed by atoms with Crippen LogP contribution < -0.4 is 0 Å². The molecule has 0 saturated carbocycles. The van der Waals surface area contributed by atoms with Gasteiger partial charge in [-0.2, -0.15) is 0 Å². The molecule has 0 fully saturated rings. The van der Waals surface area contributed by atoms with Gasteiger partial charge in [0.1, 0.15) is 5.01 Å². The Balaban J connectivity index is 1.56. The fourth-order valence-electron chi connectivity index (χ4n) is 3.61. The zero-order chi connectivity index (χ0) is 18.3. The predicted octanol–water partition coefficient (Wildman–Crippen LogP) is 5.21. The van der Waals surface area contributed by atoms with Crippen LogP contribution in [0, 0.1) is 0 Å². The lowest BCUT2D eigenvalue weighted by Gasteiger charge is -2.27. The maximum Gasteiger partial charge on any atom is 0.123 e. The summed E-state index contributed by atoms with van der Waals surface area (Å²) < 4.78 is 0. The molecule has 1 aliphatic carbocycles. The van der Waals surface area contributed by atoms with E-state index in [4.69, 9.17) is 28.2 Å². The monoisotopic (exact) mass is 404 g/mol. The van der Waals surface area contributed by atoms with Crippen LogP contribution in [0.25, 0.3) is 10.6 Å². The Morgan fingerprint density at radius 3 is 2.77 bits per heavy atom. The highest BCUT2D eigenvalue weighted by Crippen LogP contribution is 2.41. The number of fused-ring (bicyclic) bond motifs is 1. The summed E-state index contributed by atoms with van der Waals surface area (Å²) in [5, 5.41) is 14.9. The maximum absolute atomic E-state index is 10.6. The summed E-state index contributed by atoms with van der Waals surface area (Å²) in [6, 6.07) is 13.7. The Morgan fingerprint density at radius 2 is 2.00 bits per heavy atom. The summed E-state index contributed by atoms with van der Waals surface area (Å²) in [7, 11) is 2.00. The lowest BCUT2D eigenvalue weighted by Crippen LogP contribution is -2.30. The highest BCUT2D eigenvalue weighted by molar-refractivity contribution is 7.13. The van der Waals surface area contributed by atoms with Crippen molar-refractivity contribution < 1.29 is 5.11 Å². The van der Waals surface area contributed by atoms with E-state index in [1.54, 1.807) is 17.4 Å². The van der Waals surface area contributed by atoms with Gasteiger partial charge in [0, 0.05) is 34.0 Å². The molecule has 0 unspecified atom stereocenters. The van der Waals surface area contributed by atoms with Gasteiger partial charge in [0.25, 0.3) is 0 Å². The number of nitrogens with zero attached hydrogens (tertiary/aromatic N) is 2. The maximum atomic E-state index is 10.6. The van der Waals surface area contributed by atoms with E-state index in [1.165, 1.54) is 0 Å². The van der Waals surface area contributed by atoms with Crippen LogP contribution in [0.4, 0.5) is 0 Å². The van der Waals surface area contributed by atoms with E-state index in [0.717, 1.165) is 27.4 Å². The van der Waals surface area contributed by atoms with Gasteiger partial charge in [0.05, 0.1) is 17.8 Å². The molecule has 0 saturated heterocycles. The summed E-state index contributed by atoms with van der Waals surface area (Å²) in [6.07, 6.45) is 0.0466. The summed E-state index contributed by atoms with van der Waals surface area (Å²) in [6.45, 7) is 0.647. The second kappa shape index (κ2) is 7.29. The number of aliphatic hydroxyl groups excluding tert-OH is 1. The normalized spacial score (nSPS) is 19.1. The zero-order valence-corrected chi connectivity index (χ0v) is 16.5. The molecule has 0 bridgehead atoms. The summed E-state index contributed by atoms with van der Waals surface area (Å²) in [4.78, 5) is 6.87. The molecule has 0 aliphatic heterocycles. The molecule has 26 heavy (non-hydrogen) atoms. The van der Waals surface area contributed by atoms with Gasteiger partial charge in [-0.15, -0.1) is 11.3 Å². The number of hydrogen-bond acceptors (Lipinski definition) is 4. The van der Waals surface area contributed by atoms with Crippen molar-refractivity contribution in [3.8, 4) is 10.6 Å². The third-order valence-corrected chi connectivity index (χ3v) is 6.25. The average Bonchev–Trinajstić information content (AvgIpc) is 3.20. The first-order chi connectivity index (χ1) is 12.5. The fourth-order valence-corrected chi connectivity index (χ4v) is 5.01. The van der Waals surface area contributed by atoms with Crippen LogP contribution in [0.1, 0.15) is 22.9 Å². The second-order valence-corrected chi connectivity index (χ2v) is 8.30. The Hall–Kier alpha value is -1.43. The van der Waals surface area contributed by atoms with Crippen LogP contribution in [0.5, 0.6) is 0 Å². The smallest absolute Gasteiger partial charge is 0.123 e. The summed E-state index contributed by atoms with van der Waals surface area (Å²) in [5.74, 6) is 0. The van der Waals surface area contributed by atoms with Crippen LogP contribution in [0.2, 0.25) is 10.0 Å². The molecule has 0 spiro atoms. The van der Waals surface area contributed by atoms with Gasteiger partial charge in [-0.1, -0.05) is 53.5 Å². The van der Waals surface area contributed by atoms with Gasteiger partial charge in [-0.3, -0.25) is 4.90 Å². The molecule has 3 nitrogen and oxygen atoms in total. The Bertz CT molecular complexity index is 929. The molecule has 134 valence electrons. The molecule has 1 heterocycles. The van der Waals surface area contributed by atoms with Gasteiger partial charge >= 0.3 is 0 Å². The molecule has 6 heteroatoms. The van der Waals surface area contributed by atoms with Gasteiger partial charge < -0.3 is 5.11 Å². The largest absolute Gasteiger partial charge is 0.391 e. The molecule has 3 aromatic rings. The number of hydrogen-bond donors (Lipinski definition) is 1. The molecular formula is C20H18Cl2N2OS. The van der Waals surface area contributed by atoms with E-state index < -0.39 is 6.10 Å². The third-order valence-electron chi connectivity index (χ3n) is 4.75. The molecule has 1 aliphatic rings. The Labute approximate surface area is 166 Å². The average molecular weight is 405 g/mol. The zero-order valence-electron chi connectivity index (χ0n) is 14.2. The van der Waals surface area contributed by atoms with Gasteiger partial charge in [0.2, 0.25) is 0 Å². The minimum absolute atomic E-state index is 0.136. The fraction of sp³-hybridized carbons (Fsp3) is 0.250. The quantitative estimate of drug-likeness (QED) is 0.648. The molecule has 1 aromatic heterocycles. The van der Waals surface area contributed by atoms with Crippen molar-refractivity contribution in [2.75, 3.05) is 7.05 Å². The lowest BCUT2D eigenvalue weighted by atomic mass is 10.1. The van der Waals surface area contributed by atoms with Crippen molar-refractivity contribution in [2.24, 2.45) is 0 Å². The van der Waals surface area contributed by atoms with E-state index in [1.807, 2.05) is 31.3 Å². The van der Waals surface area contributed by atoms with E-state index >= 15 is 0 Å². The van der Waals surface area contributed by atoms with Crippen molar-refractivity contribution in [3.63, 3.8) is 0 Å².